The minimum absolute atomic E-state index is 0.00737. The van der Waals surface area contributed by atoms with Crippen molar-refractivity contribution in [2.45, 2.75) is 38.9 Å². The Labute approximate surface area is 79.0 Å². The zero-order valence-electron chi connectivity index (χ0n) is 8.54. The molecule has 4 nitrogen and oxygen atoms in total. The minimum Gasteiger partial charge on any atom is -0.356 e. The molecule has 1 aliphatic rings. The predicted molar refractivity (Wildman–Crippen MR) is 47.1 cm³/mol. The van der Waals surface area contributed by atoms with Gasteiger partial charge in [-0.15, -0.1) is 0 Å². The van der Waals surface area contributed by atoms with Crippen LogP contribution in [0.15, 0.2) is 0 Å². The van der Waals surface area contributed by atoms with Crippen molar-refractivity contribution in [3.63, 3.8) is 0 Å². The standard InChI is InChI=1S/C9H18O4/c1-4-10-7-11-9(2,3)8-5-6-12-13-8/h8H,4-7H2,1-3H3. The lowest BCUT2D eigenvalue weighted by Gasteiger charge is -2.28. The highest BCUT2D eigenvalue weighted by molar-refractivity contribution is 4.80. The van der Waals surface area contributed by atoms with Crippen molar-refractivity contribution in [1.82, 2.24) is 0 Å². The van der Waals surface area contributed by atoms with E-state index in [9.17, 15) is 0 Å². The van der Waals surface area contributed by atoms with Crippen LogP contribution in [0.4, 0.5) is 0 Å². The average molecular weight is 190 g/mol. The molecule has 0 aromatic heterocycles. The molecule has 0 spiro atoms. The summed E-state index contributed by atoms with van der Waals surface area (Å²) in [7, 11) is 0. The van der Waals surface area contributed by atoms with Crippen LogP contribution in [0.1, 0.15) is 27.2 Å². The van der Waals surface area contributed by atoms with E-state index in [1.807, 2.05) is 20.8 Å². The summed E-state index contributed by atoms with van der Waals surface area (Å²) < 4.78 is 10.6. The molecule has 0 radical (unpaired) electrons. The van der Waals surface area contributed by atoms with E-state index >= 15 is 0 Å². The van der Waals surface area contributed by atoms with E-state index in [2.05, 4.69) is 0 Å². The van der Waals surface area contributed by atoms with Crippen molar-refractivity contribution in [3.8, 4) is 0 Å². The van der Waals surface area contributed by atoms with Crippen LogP contribution in [0.3, 0.4) is 0 Å². The molecule has 0 aliphatic carbocycles. The van der Waals surface area contributed by atoms with Crippen LogP contribution in [-0.4, -0.2) is 31.7 Å². The predicted octanol–water partition coefficient (Wildman–Crippen LogP) is 1.50. The van der Waals surface area contributed by atoms with E-state index in [0.29, 0.717) is 20.0 Å². The molecule has 0 aromatic rings. The van der Waals surface area contributed by atoms with Gasteiger partial charge in [-0.3, -0.25) is 0 Å². The quantitative estimate of drug-likeness (QED) is 0.374. The molecule has 1 atom stereocenters. The van der Waals surface area contributed by atoms with E-state index in [1.165, 1.54) is 0 Å². The first kappa shape index (κ1) is 10.9. The zero-order valence-corrected chi connectivity index (χ0v) is 8.54. The molecule has 78 valence electrons. The number of hydrogen-bond acceptors (Lipinski definition) is 4. The third-order valence-electron chi connectivity index (χ3n) is 2.14. The Bertz CT molecular complexity index is 141. The van der Waals surface area contributed by atoms with Gasteiger partial charge >= 0.3 is 0 Å². The fraction of sp³-hybridized carbons (Fsp3) is 1.00. The molecule has 1 heterocycles. The lowest BCUT2D eigenvalue weighted by molar-refractivity contribution is -0.309. The van der Waals surface area contributed by atoms with Gasteiger partial charge in [-0.05, 0) is 20.8 Å². The topological polar surface area (TPSA) is 36.9 Å². The average Bonchev–Trinajstić information content (AvgIpc) is 2.56. The van der Waals surface area contributed by atoms with E-state index in [0.717, 1.165) is 6.42 Å². The smallest absolute Gasteiger partial charge is 0.147 e. The van der Waals surface area contributed by atoms with Gasteiger partial charge in [-0.25, -0.2) is 9.78 Å². The van der Waals surface area contributed by atoms with Crippen LogP contribution in [0.2, 0.25) is 0 Å². The summed E-state index contributed by atoms with van der Waals surface area (Å²) in [4.78, 5) is 9.90. The van der Waals surface area contributed by atoms with Gasteiger partial charge in [-0.2, -0.15) is 0 Å². The summed E-state index contributed by atoms with van der Waals surface area (Å²) >= 11 is 0. The maximum absolute atomic E-state index is 5.53. The molecular formula is C9H18O4. The second kappa shape index (κ2) is 4.91. The minimum atomic E-state index is -0.342. The van der Waals surface area contributed by atoms with E-state index < -0.39 is 0 Å². The molecule has 1 saturated heterocycles. The lowest BCUT2D eigenvalue weighted by Crippen LogP contribution is -2.39. The molecule has 1 rings (SSSR count). The number of ether oxygens (including phenoxy) is 2. The van der Waals surface area contributed by atoms with Gasteiger partial charge in [0.15, 0.2) is 0 Å². The monoisotopic (exact) mass is 190 g/mol. The van der Waals surface area contributed by atoms with Crippen LogP contribution in [0, 0.1) is 0 Å². The van der Waals surface area contributed by atoms with Crippen LogP contribution < -0.4 is 0 Å². The molecule has 1 unspecified atom stereocenters. The Morgan fingerprint density at radius 2 is 2.23 bits per heavy atom. The van der Waals surface area contributed by atoms with Gasteiger partial charge in [0.2, 0.25) is 0 Å². The fourth-order valence-corrected chi connectivity index (χ4v) is 1.17. The Hall–Kier alpha value is -0.160. The van der Waals surface area contributed by atoms with Crippen LogP contribution in [-0.2, 0) is 19.2 Å². The van der Waals surface area contributed by atoms with Crippen molar-refractivity contribution >= 4 is 0 Å². The lowest BCUT2D eigenvalue weighted by atomic mass is 10.00. The molecular weight excluding hydrogens is 172 g/mol. The fourth-order valence-electron chi connectivity index (χ4n) is 1.17. The van der Waals surface area contributed by atoms with E-state index in [4.69, 9.17) is 19.2 Å². The largest absolute Gasteiger partial charge is 0.356 e. The first-order valence-corrected chi connectivity index (χ1v) is 4.67. The maximum atomic E-state index is 5.53. The van der Waals surface area contributed by atoms with Crippen molar-refractivity contribution in [3.05, 3.63) is 0 Å². The number of hydrogen-bond donors (Lipinski definition) is 0. The van der Waals surface area contributed by atoms with Crippen LogP contribution in [0.5, 0.6) is 0 Å². The van der Waals surface area contributed by atoms with Crippen molar-refractivity contribution in [2.24, 2.45) is 0 Å². The second-order valence-electron chi connectivity index (χ2n) is 3.55. The first-order valence-electron chi connectivity index (χ1n) is 4.67. The van der Waals surface area contributed by atoms with E-state index in [1.54, 1.807) is 0 Å². The highest BCUT2D eigenvalue weighted by Crippen LogP contribution is 2.24. The Morgan fingerprint density at radius 3 is 2.77 bits per heavy atom. The van der Waals surface area contributed by atoms with Crippen LogP contribution in [0.25, 0.3) is 0 Å². The Kier molecular flexibility index (Phi) is 4.12. The van der Waals surface area contributed by atoms with Gasteiger partial charge in [0, 0.05) is 13.0 Å². The summed E-state index contributed by atoms with van der Waals surface area (Å²) in [5.74, 6) is 0. The molecule has 1 fully saturated rings. The normalized spacial score (nSPS) is 23.8. The first-order chi connectivity index (χ1) is 6.17. The SMILES string of the molecule is CCOCOC(C)(C)C1CCOO1. The summed E-state index contributed by atoms with van der Waals surface area (Å²) in [6, 6.07) is 0. The summed E-state index contributed by atoms with van der Waals surface area (Å²) in [6.45, 7) is 7.51. The van der Waals surface area contributed by atoms with Gasteiger partial charge in [0.25, 0.3) is 0 Å². The summed E-state index contributed by atoms with van der Waals surface area (Å²) in [6.07, 6.45) is 0.881. The highest BCUT2D eigenvalue weighted by atomic mass is 17.2. The summed E-state index contributed by atoms with van der Waals surface area (Å²) in [5.41, 5.74) is -0.342. The Morgan fingerprint density at radius 1 is 1.46 bits per heavy atom. The molecule has 1 aliphatic heterocycles. The molecule has 0 amide bonds. The van der Waals surface area contributed by atoms with Gasteiger partial charge in [0.1, 0.15) is 12.9 Å². The number of rotatable bonds is 5. The van der Waals surface area contributed by atoms with Gasteiger partial charge in [-0.1, -0.05) is 0 Å². The molecule has 0 aromatic carbocycles. The third-order valence-corrected chi connectivity index (χ3v) is 2.14. The molecule has 0 saturated carbocycles. The molecule has 13 heavy (non-hydrogen) atoms. The van der Waals surface area contributed by atoms with Crippen molar-refractivity contribution in [2.75, 3.05) is 20.0 Å². The second-order valence-corrected chi connectivity index (χ2v) is 3.55. The highest BCUT2D eigenvalue weighted by Gasteiger charge is 2.35. The van der Waals surface area contributed by atoms with Gasteiger partial charge in [0.05, 0.1) is 12.2 Å². The van der Waals surface area contributed by atoms with Crippen molar-refractivity contribution < 1.29 is 19.2 Å². The maximum Gasteiger partial charge on any atom is 0.147 e. The van der Waals surface area contributed by atoms with E-state index in [-0.39, 0.29) is 11.7 Å². The Balaban J connectivity index is 2.26. The molecule has 0 bridgehead atoms. The third kappa shape index (κ3) is 3.23. The van der Waals surface area contributed by atoms with Crippen molar-refractivity contribution in [1.29, 1.82) is 0 Å². The molecule has 4 heteroatoms. The van der Waals surface area contributed by atoms with Crippen LogP contribution >= 0.6 is 0 Å². The van der Waals surface area contributed by atoms with Gasteiger partial charge < -0.3 is 9.47 Å². The molecule has 0 N–H and O–H groups in total. The summed E-state index contributed by atoms with van der Waals surface area (Å²) in [5, 5.41) is 0. The zero-order chi connectivity index (χ0) is 9.73.